The Bertz CT molecular complexity index is 1570. The number of nitrogens with one attached hydrogen (secondary N) is 2. The molecule has 9 heteroatoms. The van der Waals surface area contributed by atoms with E-state index in [4.69, 9.17) is 11.6 Å². The zero-order valence-electron chi connectivity index (χ0n) is 17.6. The molecule has 1 heterocycles. The predicted molar refractivity (Wildman–Crippen MR) is 130 cm³/mol. The van der Waals surface area contributed by atoms with E-state index in [1.807, 2.05) is 42.5 Å². The molecule has 0 amide bonds. The lowest BCUT2D eigenvalue weighted by molar-refractivity contribution is 0.497. The van der Waals surface area contributed by atoms with Crippen molar-refractivity contribution in [1.29, 1.82) is 0 Å². The molecule has 34 heavy (non-hydrogen) atoms. The molecule has 1 aliphatic heterocycles. The van der Waals surface area contributed by atoms with Gasteiger partial charge in [0.05, 0.1) is 12.2 Å². The maximum Gasteiger partial charge on any atom is 0.266 e. The first-order valence-corrected chi connectivity index (χ1v) is 12.2. The van der Waals surface area contributed by atoms with Crippen LogP contribution in [-0.4, -0.2) is 14.4 Å². The molecule has 0 aromatic heterocycles. The Morgan fingerprint density at radius 3 is 2.44 bits per heavy atom. The molecule has 4 aromatic rings. The van der Waals surface area contributed by atoms with Crippen LogP contribution in [0.4, 0.5) is 14.5 Å². The molecule has 5 rings (SSSR count). The molecule has 1 aliphatic rings. The Labute approximate surface area is 200 Å². The summed E-state index contributed by atoms with van der Waals surface area (Å²) in [6, 6.07) is 20.9. The fraction of sp³-hybridized carbons (Fsp3) is 0.0800. The van der Waals surface area contributed by atoms with Crippen molar-refractivity contribution in [2.75, 3.05) is 5.32 Å². The molecule has 0 saturated heterocycles. The van der Waals surface area contributed by atoms with Crippen LogP contribution in [0, 0.1) is 11.6 Å². The van der Waals surface area contributed by atoms with Crippen LogP contribution < -0.4 is 10.0 Å². The largest absolute Gasteiger partial charge is 0.324 e. The van der Waals surface area contributed by atoms with Crippen LogP contribution in [0.5, 0.6) is 0 Å². The first-order chi connectivity index (χ1) is 16.3. The number of sulfonamides is 1. The Hall–Kier alpha value is -3.49. The highest BCUT2D eigenvalue weighted by molar-refractivity contribution is 7.90. The minimum atomic E-state index is -4.19. The van der Waals surface area contributed by atoms with E-state index in [1.54, 1.807) is 24.3 Å². The second-order valence-electron chi connectivity index (χ2n) is 7.83. The summed E-state index contributed by atoms with van der Waals surface area (Å²) in [7, 11) is -4.19. The molecule has 0 radical (unpaired) electrons. The Morgan fingerprint density at radius 2 is 1.62 bits per heavy atom. The highest BCUT2D eigenvalue weighted by Gasteiger charge is 2.32. The van der Waals surface area contributed by atoms with Crippen LogP contribution in [0.25, 0.3) is 10.8 Å². The predicted octanol–water partition coefficient (Wildman–Crippen LogP) is 5.62. The van der Waals surface area contributed by atoms with Crippen LogP contribution in [-0.2, 0) is 23.0 Å². The lowest BCUT2D eigenvalue weighted by Crippen LogP contribution is -2.41. The average molecular weight is 498 g/mol. The maximum atomic E-state index is 14.9. The molecule has 0 atom stereocenters. The SMILES string of the molecule is O=S1(=O)NC(=NCc2cccc3ccccc23)Nc2c1cc(F)c(F)c2Cc1ccccc1Cl. The highest BCUT2D eigenvalue weighted by atomic mass is 35.5. The maximum absolute atomic E-state index is 14.9. The van der Waals surface area contributed by atoms with Gasteiger partial charge in [0.25, 0.3) is 10.0 Å². The summed E-state index contributed by atoms with van der Waals surface area (Å²) in [5.74, 6) is -2.48. The van der Waals surface area contributed by atoms with Crippen LogP contribution in [0.3, 0.4) is 0 Å². The van der Waals surface area contributed by atoms with Crippen molar-refractivity contribution in [3.05, 3.63) is 106 Å². The zero-order chi connectivity index (χ0) is 23.9. The number of anilines is 1. The van der Waals surface area contributed by atoms with Gasteiger partial charge >= 0.3 is 0 Å². The molecular formula is C25H18ClF2N3O2S. The lowest BCUT2D eigenvalue weighted by Gasteiger charge is -2.25. The fourth-order valence-corrected chi connectivity index (χ4v) is 5.38. The van der Waals surface area contributed by atoms with Crippen molar-refractivity contribution in [3.8, 4) is 0 Å². The summed E-state index contributed by atoms with van der Waals surface area (Å²) in [6.45, 7) is 0.172. The minimum absolute atomic E-state index is 0.0609. The Balaban J connectivity index is 1.56. The van der Waals surface area contributed by atoms with E-state index in [9.17, 15) is 17.2 Å². The number of fused-ring (bicyclic) bond motifs is 2. The summed E-state index contributed by atoms with van der Waals surface area (Å²) < 4.78 is 57.4. The number of benzene rings is 4. The molecule has 5 nitrogen and oxygen atoms in total. The van der Waals surface area contributed by atoms with Crippen molar-refractivity contribution in [2.45, 2.75) is 17.9 Å². The Morgan fingerprint density at radius 1 is 0.912 bits per heavy atom. The van der Waals surface area contributed by atoms with Gasteiger partial charge in [-0.05, 0) is 34.0 Å². The molecule has 0 saturated carbocycles. The van der Waals surface area contributed by atoms with Gasteiger partial charge in [0.2, 0.25) is 5.96 Å². The van der Waals surface area contributed by atoms with E-state index in [0.717, 1.165) is 16.3 Å². The summed E-state index contributed by atoms with van der Waals surface area (Å²) >= 11 is 6.21. The molecule has 0 fully saturated rings. The molecular weight excluding hydrogens is 480 g/mol. The Kier molecular flexibility index (Phi) is 5.71. The quantitative estimate of drug-likeness (QED) is 0.384. The molecule has 0 spiro atoms. The first kappa shape index (κ1) is 22.3. The normalized spacial score (nSPS) is 15.6. The second kappa shape index (κ2) is 8.70. The number of hydrogen-bond donors (Lipinski definition) is 2. The van der Waals surface area contributed by atoms with Gasteiger partial charge in [-0.2, -0.15) is 0 Å². The van der Waals surface area contributed by atoms with Gasteiger partial charge in [0.15, 0.2) is 11.6 Å². The van der Waals surface area contributed by atoms with Gasteiger partial charge in [-0.25, -0.2) is 26.9 Å². The number of halogens is 3. The smallest absolute Gasteiger partial charge is 0.266 e. The van der Waals surface area contributed by atoms with Gasteiger partial charge in [-0.1, -0.05) is 72.3 Å². The van der Waals surface area contributed by atoms with E-state index in [1.165, 1.54) is 0 Å². The van der Waals surface area contributed by atoms with E-state index >= 15 is 0 Å². The zero-order valence-corrected chi connectivity index (χ0v) is 19.2. The average Bonchev–Trinajstić information content (AvgIpc) is 2.82. The third kappa shape index (κ3) is 4.10. The van der Waals surface area contributed by atoms with E-state index in [0.29, 0.717) is 16.7 Å². The van der Waals surface area contributed by atoms with Gasteiger partial charge in [-0.15, -0.1) is 0 Å². The lowest BCUT2D eigenvalue weighted by atomic mass is 10.0. The van der Waals surface area contributed by atoms with Gasteiger partial charge < -0.3 is 5.32 Å². The van der Waals surface area contributed by atoms with E-state index < -0.39 is 26.6 Å². The molecule has 0 unspecified atom stereocenters. The molecule has 172 valence electrons. The second-order valence-corrected chi connectivity index (χ2v) is 9.88. The van der Waals surface area contributed by atoms with Crippen LogP contribution in [0.1, 0.15) is 16.7 Å². The van der Waals surface area contributed by atoms with E-state index in [-0.39, 0.29) is 30.2 Å². The molecule has 0 bridgehead atoms. The standard InChI is InChI=1S/C25H18ClF2N3O2S/c26-20-11-4-2-7-16(20)12-19-23(28)21(27)13-22-24(19)30-25(31-34(22,32)33)29-14-17-9-5-8-15-6-1-3-10-18(15)17/h1-11,13H,12,14H2,(H2,29,30,31). The van der Waals surface area contributed by atoms with Gasteiger partial charge in [-0.3, -0.25) is 0 Å². The minimum Gasteiger partial charge on any atom is -0.324 e. The topological polar surface area (TPSA) is 70.6 Å². The van der Waals surface area contributed by atoms with Crippen molar-refractivity contribution in [3.63, 3.8) is 0 Å². The number of guanidine groups is 1. The molecule has 4 aromatic carbocycles. The van der Waals surface area contributed by atoms with Crippen LogP contribution in [0.2, 0.25) is 5.02 Å². The number of nitrogens with zero attached hydrogens (tertiary/aromatic N) is 1. The summed E-state index contributed by atoms with van der Waals surface area (Å²) in [4.78, 5) is 4.00. The van der Waals surface area contributed by atoms with Crippen molar-refractivity contribution in [2.24, 2.45) is 4.99 Å². The number of rotatable bonds is 4. The van der Waals surface area contributed by atoms with Crippen LogP contribution in [0.15, 0.2) is 82.7 Å². The van der Waals surface area contributed by atoms with E-state index in [2.05, 4.69) is 15.0 Å². The molecule has 0 aliphatic carbocycles. The monoisotopic (exact) mass is 497 g/mol. The van der Waals surface area contributed by atoms with Gasteiger partial charge in [0, 0.05) is 17.0 Å². The van der Waals surface area contributed by atoms with Gasteiger partial charge in [0.1, 0.15) is 4.90 Å². The summed E-state index contributed by atoms with van der Waals surface area (Å²) in [6.07, 6.45) is -0.106. The van der Waals surface area contributed by atoms with Crippen LogP contribution >= 0.6 is 11.6 Å². The third-order valence-corrected chi connectivity index (χ3v) is 7.39. The highest BCUT2D eigenvalue weighted by Crippen LogP contribution is 2.35. The summed E-state index contributed by atoms with van der Waals surface area (Å²) in [5, 5.41) is 5.24. The summed E-state index contributed by atoms with van der Waals surface area (Å²) in [5.41, 5.74) is 1.21. The van der Waals surface area contributed by atoms with Crippen molar-refractivity contribution >= 4 is 44.0 Å². The number of aliphatic imine (C=N–C) groups is 1. The molecule has 2 N–H and O–H groups in total. The third-order valence-electron chi connectivity index (χ3n) is 5.66. The van der Waals surface area contributed by atoms with Crippen molar-refractivity contribution < 1.29 is 17.2 Å². The number of hydrogen-bond acceptors (Lipinski definition) is 3. The first-order valence-electron chi connectivity index (χ1n) is 10.4. The fourth-order valence-electron chi connectivity index (χ4n) is 3.99. The van der Waals surface area contributed by atoms with Crippen molar-refractivity contribution in [1.82, 2.24) is 4.72 Å².